The van der Waals surface area contributed by atoms with Crippen molar-refractivity contribution < 1.29 is 14.7 Å². The van der Waals surface area contributed by atoms with Crippen molar-refractivity contribution >= 4 is 28.5 Å². The van der Waals surface area contributed by atoms with E-state index in [0.717, 1.165) is 5.69 Å². The van der Waals surface area contributed by atoms with Crippen LogP contribution in [0.1, 0.15) is 5.69 Å². The Labute approximate surface area is 84.0 Å². The van der Waals surface area contributed by atoms with Crippen molar-refractivity contribution in [3.05, 3.63) is 11.1 Å². The monoisotopic (exact) mass is 215 g/mol. The second-order valence-corrected chi connectivity index (χ2v) is 3.35. The molecule has 1 aromatic heterocycles. The highest BCUT2D eigenvalue weighted by Gasteiger charge is 2.05. The zero-order valence-electron chi connectivity index (χ0n) is 7.40. The first-order chi connectivity index (χ1) is 6.58. The van der Waals surface area contributed by atoms with Crippen molar-refractivity contribution in [1.82, 2.24) is 10.3 Å². The van der Waals surface area contributed by atoms with Gasteiger partial charge in [0.15, 0.2) is 5.13 Å². The number of aliphatic carboxylic acids is 1. The smallest absolute Gasteiger partial charge is 0.323 e. The molecule has 1 aromatic rings. The van der Waals surface area contributed by atoms with Gasteiger partial charge in [0.2, 0.25) is 0 Å². The summed E-state index contributed by atoms with van der Waals surface area (Å²) < 4.78 is 0. The molecule has 1 rings (SSSR count). The molecule has 0 aliphatic rings. The van der Waals surface area contributed by atoms with Gasteiger partial charge in [-0.1, -0.05) is 0 Å². The highest BCUT2D eigenvalue weighted by atomic mass is 32.1. The summed E-state index contributed by atoms with van der Waals surface area (Å²) in [5.74, 6) is -1.09. The normalized spacial score (nSPS) is 9.50. The summed E-state index contributed by atoms with van der Waals surface area (Å²) in [5.41, 5.74) is 0.809. The molecular weight excluding hydrogens is 206 g/mol. The van der Waals surface area contributed by atoms with Crippen LogP contribution >= 0.6 is 11.3 Å². The van der Waals surface area contributed by atoms with Crippen molar-refractivity contribution in [1.29, 1.82) is 0 Å². The summed E-state index contributed by atoms with van der Waals surface area (Å²) in [4.78, 5) is 25.1. The topological polar surface area (TPSA) is 91.3 Å². The van der Waals surface area contributed by atoms with E-state index in [-0.39, 0.29) is 0 Å². The number of amides is 2. The predicted octanol–water partition coefficient (Wildman–Crippen LogP) is 0.658. The van der Waals surface area contributed by atoms with E-state index < -0.39 is 18.5 Å². The fraction of sp³-hybridized carbons (Fsp3) is 0.286. The summed E-state index contributed by atoms with van der Waals surface area (Å²) in [7, 11) is 0. The number of hydrogen-bond acceptors (Lipinski definition) is 4. The van der Waals surface area contributed by atoms with E-state index >= 15 is 0 Å². The molecule has 6 nitrogen and oxygen atoms in total. The van der Waals surface area contributed by atoms with E-state index in [0.29, 0.717) is 5.13 Å². The van der Waals surface area contributed by atoms with Crippen LogP contribution in [0.3, 0.4) is 0 Å². The van der Waals surface area contributed by atoms with Gasteiger partial charge in [0.25, 0.3) is 0 Å². The lowest BCUT2D eigenvalue weighted by molar-refractivity contribution is -0.135. The molecule has 0 aliphatic heterocycles. The maximum Gasteiger partial charge on any atom is 0.323 e. The maximum absolute atomic E-state index is 11.0. The number of rotatable bonds is 3. The van der Waals surface area contributed by atoms with E-state index in [4.69, 9.17) is 5.11 Å². The number of thiazole rings is 1. The lowest BCUT2D eigenvalue weighted by Crippen LogP contribution is -2.33. The molecule has 0 saturated heterocycles. The molecule has 76 valence electrons. The fourth-order valence-corrected chi connectivity index (χ4v) is 1.39. The molecule has 0 bridgehead atoms. The summed E-state index contributed by atoms with van der Waals surface area (Å²) in [6.45, 7) is 1.40. The van der Waals surface area contributed by atoms with E-state index in [9.17, 15) is 9.59 Å². The molecule has 14 heavy (non-hydrogen) atoms. The first-order valence-electron chi connectivity index (χ1n) is 3.76. The van der Waals surface area contributed by atoms with Gasteiger partial charge in [-0.15, -0.1) is 11.3 Å². The molecule has 0 saturated carbocycles. The molecule has 3 N–H and O–H groups in total. The molecule has 0 unspecified atom stereocenters. The van der Waals surface area contributed by atoms with Gasteiger partial charge in [-0.25, -0.2) is 9.78 Å². The number of aromatic nitrogens is 1. The van der Waals surface area contributed by atoms with Gasteiger partial charge in [0, 0.05) is 5.38 Å². The molecule has 0 aromatic carbocycles. The van der Waals surface area contributed by atoms with Crippen LogP contribution < -0.4 is 10.6 Å². The Balaban J connectivity index is 2.37. The number of carboxylic acid groups (broad SMARTS) is 1. The minimum Gasteiger partial charge on any atom is -0.480 e. The zero-order chi connectivity index (χ0) is 10.6. The Bertz CT molecular complexity index is 350. The van der Waals surface area contributed by atoms with E-state index in [1.54, 1.807) is 12.3 Å². The number of carbonyl (C=O) groups excluding carboxylic acids is 1. The molecule has 0 aliphatic carbocycles. The quantitative estimate of drug-likeness (QED) is 0.690. The van der Waals surface area contributed by atoms with Crippen LogP contribution in [-0.4, -0.2) is 28.6 Å². The maximum atomic E-state index is 11.0. The Morgan fingerprint density at radius 3 is 2.86 bits per heavy atom. The molecular formula is C7H9N3O3S. The molecule has 0 fully saturated rings. The lowest BCUT2D eigenvalue weighted by atomic mass is 10.6. The van der Waals surface area contributed by atoms with Crippen molar-refractivity contribution in [2.45, 2.75) is 6.92 Å². The van der Waals surface area contributed by atoms with Gasteiger partial charge in [-0.2, -0.15) is 0 Å². The Morgan fingerprint density at radius 2 is 2.36 bits per heavy atom. The molecule has 0 spiro atoms. The third-order valence-electron chi connectivity index (χ3n) is 1.24. The van der Waals surface area contributed by atoms with Crippen molar-refractivity contribution in [3.63, 3.8) is 0 Å². The van der Waals surface area contributed by atoms with Crippen LogP contribution in [0.4, 0.5) is 9.93 Å². The second-order valence-electron chi connectivity index (χ2n) is 2.50. The predicted molar refractivity (Wildman–Crippen MR) is 51.5 cm³/mol. The standard InChI is InChI=1S/C7H9N3O3S/c1-4-3-14-7(9-4)10-6(13)8-2-5(11)12/h3H,2H2,1H3,(H,11,12)(H2,8,9,10,13). The van der Waals surface area contributed by atoms with Crippen LogP contribution in [0.25, 0.3) is 0 Å². The Morgan fingerprint density at radius 1 is 1.64 bits per heavy atom. The van der Waals surface area contributed by atoms with Crippen LogP contribution in [-0.2, 0) is 4.79 Å². The molecule has 1 heterocycles. The number of aryl methyl sites for hydroxylation is 1. The minimum atomic E-state index is -1.09. The average Bonchev–Trinajstić information content (AvgIpc) is 2.48. The Hall–Kier alpha value is -1.63. The first-order valence-corrected chi connectivity index (χ1v) is 4.64. The summed E-state index contributed by atoms with van der Waals surface area (Å²) in [6.07, 6.45) is 0. The Kier molecular flexibility index (Phi) is 3.41. The molecule has 2 amide bonds. The summed E-state index contributed by atoms with van der Waals surface area (Å²) in [6, 6.07) is -0.568. The van der Waals surface area contributed by atoms with Gasteiger partial charge in [-0.3, -0.25) is 10.1 Å². The number of nitrogens with one attached hydrogen (secondary N) is 2. The largest absolute Gasteiger partial charge is 0.480 e. The fourth-order valence-electron chi connectivity index (χ4n) is 0.709. The van der Waals surface area contributed by atoms with Gasteiger partial charge < -0.3 is 10.4 Å². The third kappa shape index (κ3) is 3.40. The number of urea groups is 1. The van der Waals surface area contributed by atoms with Crippen LogP contribution in [0.15, 0.2) is 5.38 Å². The SMILES string of the molecule is Cc1csc(NC(=O)NCC(=O)O)n1. The van der Waals surface area contributed by atoms with Gasteiger partial charge in [0.05, 0.1) is 5.69 Å². The highest BCUT2D eigenvalue weighted by molar-refractivity contribution is 7.13. The number of anilines is 1. The average molecular weight is 215 g/mol. The van der Waals surface area contributed by atoms with Gasteiger partial charge in [-0.05, 0) is 6.92 Å². The van der Waals surface area contributed by atoms with Crippen molar-refractivity contribution in [3.8, 4) is 0 Å². The van der Waals surface area contributed by atoms with Crippen molar-refractivity contribution in [2.75, 3.05) is 11.9 Å². The highest BCUT2D eigenvalue weighted by Crippen LogP contribution is 2.13. The zero-order valence-corrected chi connectivity index (χ0v) is 8.22. The molecule has 0 radical (unpaired) electrons. The minimum absolute atomic E-state index is 0.407. The lowest BCUT2D eigenvalue weighted by Gasteiger charge is -2.01. The van der Waals surface area contributed by atoms with Crippen LogP contribution in [0.5, 0.6) is 0 Å². The third-order valence-corrected chi connectivity index (χ3v) is 2.12. The van der Waals surface area contributed by atoms with E-state index in [2.05, 4.69) is 15.6 Å². The molecule has 0 atom stereocenters. The number of nitrogens with zero attached hydrogens (tertiary/aromatic N) is 1. The molecule has 7 heteroatoms. The number of carbonyl (C=O) groups is 2. The first kappa shape index (κ1) is 10.5. The summed E-state index contributed by atoms with van der Waals surface area (Å²) >= 11 is 1.28. The summed E-state index contributed by atoms with van der Waals surface area (Å²) in [5, 5.41) is 15.1. The van der Waals surface area contributed by atoms with Crippen LogP contribution in [0, 0.1) is 6.92 Å². The number of hydrogen-bond donors (Lipinski definition) is 3. The number of carboxylic acids is 1. The van der Waals surface area contributed by atoms with Gasteiger partial charge in [0.1, 0.15) is 6.54 Å². The van der Waals surface area contributed by atoms with Crippen LogP contribution in [0.2, 0.25) is 0 Å². The van der Waals surface area contributed by atoms with E-state index in [1.165, 1.54) is 11.3 Å². The van der Waals surface area contributed by atoms with E-state index in [1.807, 2.05) is 0 Å². The van der Waals surface area contributed by atoms with Gasteiger partial charge >= 0.3 is 12.0 Å². The van der Waals surface area contributed by atoms with Crippen molar-refractivity contribution in [2.24, 2.45) is 0 Å². The second kappa shape index (κ2) is 4.56.